The first-order valence-corrected chi connectivity index (χ1v) is 11.2. The highest BCUT2D eigenvalue weighted by Gasteiger charge is 2.34. The van der Waals surface area contributed by atoms with E-state index < -0.39 is 6.10 Å². The number of carbonyl (C=O) groups is 2. The van der Waals surface area contributed by atoms with Crippen LogP contribution in [0.2, 0.25) is 0 Å². The maximum absolute atomic E-state index is 13.0. The quantitative estimate of drug-likeness (QED) is 0.732. The molecule has 0 aromatic heterocycles. The summed E-state index contributed by atoms with van der Waals surface area (Å²) in [6.07, 6.45) is 2.63. The molecule has 6 nitrogen and oxygen atoms in total. The maximum Gasteiger partial charge on any atom is 0.265 e. The smallest absolute Gasteiger partial charge is 0.265 e. The number of rotatable bonds is 4. The zero-order valence-corrected chi connectivity index (χ0v) is 18.7. The van der Waals surface area contributed by atoms with E-state index in [0.29, 0.717) is 12.3 Å². The van der Waals surface area contributed by atoms with Crippen LogP contribution in [0.1, 0.15) is 24.8 Å². The molecule has 0 bridgehead atoms. The summed E-state index contributed by atoms with van der Waals surface area (Å²) in [6, 6.07) is 13.4. The van der Waals surface area contributed by atoms with Crippen molar-refractivity contribution < 1.29 is 14.3 Å². The first kappa shape index (κ1) is 20.7. The summed E-state index contributed by atoms with van der Waals surface area (Å²) in [5, 5.41) is 2.96. The number of nitrogens with one attached hydrogen (secondary N) is 1. The molecule has 0 unspecified atom stereocenters. The van der Waals surface area contributed by atoms with Gasteiger partial charge in [-0.2, -0.15) is 0 Å². The Labute approximate surface area is 185 Å². The number of benzene rings is 2. The van der Waals surface area contributed by atoms with Crippen molar-refractivity contribution in [1.82, 2.24) is 4.90 Å². The van der Waals surface area contributed by atoms with Crippen molar-refractivity contribution in [3.8, 4) is 5.75 Å². The predicted octanol–water partition coefficient (Wildman–Crippen LogP) is 3.98. The molecule has 2 aliphatic heterocycles. The number of likely N-dealkylation sites (tertiary alicyclic amines) is 1. The van der Waals surface area contributed by atoms with Gasteiger partial charge in [0.2, 0.25) is 5.91 Å². The van der Waals surface area contributed by atoms with Gasteiger partial charge in [0.15, 0.2) is 6.10 Å². The third-order valence-corrected chi connectivity index (χ3v) is 6.19. The van der Waals surface area contributed by atoms with Crippen molar-refractivity contribution in [3.63, 3.8) is 0 Å². The Morgan fingerprint density at radius 1 is 1.13 bits per heavy atom. The number of aryl methyl sites for hydroxylation is 1. The molecular weight excluding hydrogens is 446 g/mol. The third kappa shape index (κ3) is 4.61. The standard InChI is InChI=1S/C23H26BrN3O3/c1-16-9-10-18(17(24)13-16)25-22(28)15-27-14-21(23(29)26-11-5-2-6-12-26)30-20-8-4-3-7-19(20)27/h3-4,7-10,13,21H,2,5-6,11-12,14-15H2,1H3,(H,25,28)/t21-/m0/s1. The first-order chi connectivity index (χ1) is 14.5. The molecular formula is C23H26BrN3O3. The number of halogens is 1. The summed E-state index contributed by atoms with van der Waals surface area (Å²) < 4.78 is 6.88. The van der Waals surface area contributed by atoms with Gasteiger partial charge in [-0.25, -0.2) is 0 Å². The zero-order chi connectivity index (χ0) is 21.1. The number of hydrogen-bond acceptors (Lipinski definition) is 4. The van der Waals surface area contributed by atoms with E-state index in [1.165, 1.54) is 6.42 Å². The lowest BCUT2D eigenvalue weighted by Crippen LogP contribution is -2.52. The second kappa shape index (κ2) is 9.08. The van der Waals surface area contributed by atoms with Gasteiger partial charge in [-0.05, 0) is 71.9 Å². The normalized spacial score (nSPS) is 18.4. The monoisotopic (exact) mass is 471 g/mol. The Hall–Kier alpha value is -2.54. The van der Waals surface area contributed by atoms with E-state index in [0.717, 1.165) is 47.3 Å². The molecule has 0 radical (unpaired) electrons. The molecule has 30 heavy (non-hydrogen) atoms. The number of anilines is 2. The Bertz CT molecular complexity index is 943. The Morgan fingerprint density at radius 2 is 1.90 bits per heavy atom. The second-order valence-corrected chi connectivity index (χ2v) is 8.73. The molecule has 1 atom stereocenters. The molecule has 2 aliphatic rings. The summed E-state index contributed by atoms with van der Waals surface area (Å²) in [6.45, 7) is 4.06. The van der Waals surface area contributed by atoms with Crippen LogP contribution in [-0.4, -0.2) is 49.0 Å². The number of hydrogen-bond donors (Lipinski definition) is 1. The fourth-order valence-electron chi connectivity index (χ4n) is 3.99. The SMILES string of the molecule is Cc1ccc(NC(=O)CN2C[C@@H](C(=O)N3CCCCC3)Oc3ccccc32)c(Br)c1. The largest absolute Gasteiger partial charge is 0.477 e. The van der Waals surface area contributed by atoms with E-state index in [2.05, 4.69) is 21.2 Å². The van der Waals surface area contributed by atoms with Gasteiger partial charge in [0, 0.05) is 17.6 Å². The van der Waals surface area contributed by atoms with Crippen LogP contribution >= 0.6 is 15.9 Å². The van der Waals surface area contributed by atoms with Gasteiger partial charge >= 0.3 is 0 Å². The molecule has 1 saturated heterocycles. The molecule has 2 heterocycles. The van der Waals surface area contributed by atoms with Gasteiger partial charge in [-0.3, -0.25) is 9.59 Å². The third-order valence-electron chi connectivity index (χ3n) is 5.54. The number of carbonyl (C=O) groups excluding carboxylic acids is 2. The minimum atomic E-state index is -0.600. The second-order valence-electron chi connectivity index (χ2n) is 7.87. The molecule has 0 spiro atoms. The Kier molecular flexibility index (Phi) is 6.27. The number of piperidine rings is 1. The van der Waals surface area contributed by atoms with Crippen molar-refractivity contribution in [2.24, 2.45) is 0 Å². The fraction of sp³-hybridized carbons (Fsp3) is 0.391. The fourth-order valence-corrected chi connectivity index (χ4v) is 4.58. The first-order valence-electron chi connectivity index (χ1n) is 10.4. The maximum atomic E-state index is 13.0. The number of amides is 2. The summed E-state index contributed by atoms with van der Waals surface area (Å²) in [5.74, 6) is 0.514. The highest BCUT2D eigenvalue weighted by Crippen LogP contribution is 2.33. The van der Waals surface area contributed by atoms with Gasteiger partial charge < -0.3 is 19.9 Å². The molecule has 1 N–H and O–H groups in total. The van der Waals surface area contributed by atoms with Crippen LogP contribution in [-0.2, 0) is 9.59 Å². The van der Waals surface area contributed by atoms with Crippen LogP contribution in [0.5, 0.6) is 5.75 Å². The number of ether oxygens (including phenoxy) is 1. The summed E-state index contributed by atoms with van der Waals surface area (Å²) in [5.41, 5.74) is 2.67. The molecule has 7 heteroatoms. The lowest BCUT2D eigenvalue weighted by atomic mass is 10.1. The van der Waals surface area contributed by atoms with Crippen molar-refractivity contribution in [3.05, 3.63) is 52.5 Å². The average molecular weight is 472 g/mol. The summed E-state index contributed by atoms with van der Waals surface area (Å²) in [4.78, 5) is 29.7. The average Bonchev–Trinajstić information content (AvgIpc) is 2.75. The van der Waals surface area contributed by atoms with Crippen LogP contribution in [0.15, 0.2) is 46.9 Å². The number of fused-ring (bicyclic) bond motifs is 1. The lowest BCUT2D eigenvalue weighted by Gasteiger charge is -2.38. The van der Waals surface area contributed by atoms with E-state index >= 15 is 0 Å². The number of para-hydroxylation sites is 2. The zero-order valence-electron chi connectivity index (χ0n) is 17.1. The van der Waals surface area contributed by atoms with Gasteiger partial charge in [-0.15, -0.1) is 0 Å². The molecule has 2 amide bonds. The highest BCUT2D eigenvalue weighted by molar-refractivity contribution is 9.10. The van der Waals surface area contributed by atoms with E-state index in [9.17, 15) is 9.59 Å². The van der Waals surface area contributed by atoms with Crippen molar-refractivity contribution >= 4 is 39.1 Å². The van der Waals surface area contributed by atoms with E-state index in [4.69, 9.17) is 4.74 Å². The molecule has 2 aromatic carbocycles. The van der Waals surface area contributed by atoms with E-state index in [-0.39, 0.29) is 18.4 Å². The van der Waals surface area contributed by atoms with Gasteiger partial charge in [-0.1, -0.05) is 18.2 Å². The van der Waals surface area contributed by atoms with E-state index in [1.54, 1.807) is 0 Å². The van der Waals surface area contributed by atoms with Crippen LogP contribution in [0.25, 0.3) is 0 Å². The topological polar surface area (TPSA) is 61.9 Å². The van der Waals surface area contributed by atoms with Crippen LogP contribution in [0.4, 0.5) is 11.4 Å². The van der Waals surface area contributed by atoms with Crippen molar-refractivity contribution in [1.29, 1.82) is 0 Å². The van der Waals surface area contributed by atoms with Crippen LogP contribution < -0.4 is 15.0 Å². The van der Waals surface area contributed by atoms with Crippen LogP contribution in [0, 0.1) is 6.92 Å². The van der Waals surface area contributed by atoms with Crippen molar-refractivity contribution in [2.75, 3.05) is 36.4 Å². The molecule has 4 rings (SSSR count). The highest BCUT2D eigenvalue weighted by atomic mass is 79.9. The van der Waals surface area contributed by atoms with Crippen LogP contribution in [0.3, 0.4) is 0 Å². The Morgan fingerprint density at radius 3 is 2.67 bits per heavy atom. The minimum Gasteiger partial charge on any atom is -0.477 e. The van der Waals surface area contributed by atoms with Gasteiger partial charge in [0.25, 0.3) is 5.91 Å². The molecule has 158 valence electrons. The minimum absolute atomic E-state index is 0.0101. The predicted molar refractivity (Wildman–Crippen MR) is 121 cm³/mol. The van der Waals surface area contributed by atoms with E-state index in [1.807, 2.05) is 59.2 Å². The molecule has 0 saturated carbocycles. The number of nitrogens with zero attached hydrogens (tertiary/aromatic N) is 2. The van der Waals surface area contributed by atoms with Crippen molar-refractivity contribution in [2.45, 2.75) is 32.3 Å². The lowest BCUT2D eigenvalue weighted by molar-refractivity contribution is -0.139. The molecule has 1 fully saturated rings. The summed E-state index contributed by atoms with van der Waals surface area (Å²) in [7, 11) is 0. The molecule has 0 aliphatic carbocycles. The van der Waals surface area contributed by atoms with Gasteiger partial charge in [0.1, 0.15) is 5.75 Å². The summed E-state index contributed by atoms with van der Waals surface area (Å²) >= 11 is 3.50. The van der Waals surface area contributed by atoms with Gasteiger partial charge in [0.05, 0.1) is 24.5 Å². The molecule has 2 aromatic rings. The Balaban J connectivity index is 1.49.